The standard InChI is InChI=1S/C13H17F3N6O2S/c1-20(25(2,23)24)9-5-7-21(8-6-9)11-4-3-10-17-18-12(13(14,15)16)22(10)19-11/h3-4,9H,5-8H2,1-2H3. The van der Waals surface area contributed by atoms with Gasteiger partial charge in [0.15, 0.2) is 5.65 Å². The summed E-state index contributed by atoms with van der Waals surface area (Å²) in [5.41, 5.74) is 0.0165. The lowest BCUT2D eigenvalue weighted by Gasteiger charge is -2.36. The van der Waals surface area contributed by atoms with Gasteiger partial charge in [0.1, 0.15) is 5.82 Å². The van der Waals surface area contributed by atoms with Crippen LogP contribution in [0.1, 0.15) is 18.7 Å². The summed E-state index contributed by atoms with van der Waals surface area (Å²) >= 11 is 0. The molecule has 0 N–H and O–H groups in total. The van der Waals surface area contributed by atoms with Gasteiger partial charge in [0.25, 0.3) is 5.82 Å². The van der Waals surface area contributed by atoms with Gasteiger partial charge in [-0.1, -0.05) is 0 Å². The maximum Gasteiger partial charge on any atom is 0.453 e. The van der Waals surface area contributed by atoms with E-state index < -0.39 is 22.0 Å². The first-order valence-corrected chi connectivity index (χ1v) is 9.40. The van der Waals surface area contributed by atoms with Crippen molar-refractivity contribution in [3.05, 3.63) is 18.0 Å². The van der Waals surface area contributed by atoms with Crippen molar-refractivity contribution in [1.29, 1.82) is 0 Å². The van der Waals surface area contributed by atoms with Crippen molar-refractivity contribution < 1.29 is 21.6 Å². The monoisotopic (exact) mass is 378 g/mol. The van der Waals surface area contributed by atoms with Crippen LogP contribution in [0.3, 0.4) is 0 Å². The molecule has 1 aliphatic rings. The normalized spacial score (nSPS) is 17.6. The molecule has 2 aromatic rings. The fourth-order valence-corrected chi connectivity index (χ4v) is 3.61. The minimum absolute atomic E-state index is 0.0165. The number of halogens is 3. The summed E-state index contributed by atoms with van der Waals surface area (Å²) in [5.74, 6) is -0.797. The van der Waals surface area contributed by atoms with Crippen molar-refractivity contribution in [3.63, 3.8) is 0 Å². The Kier molecular flexibility index (Phi) is 4.35. The van der Waals surface area contributed by atoms with Crippen LogP contribution >= 0.6 is 0 Å². The molecule has 0 bridgehead atoms. The highest BCUT2D eigenvalue weighted by atomic mass is 32.2. The molecule has 3 rings (SSSR count). The number of hydrogen-bond donors (Lipinski definition) is 0. The van der Waals surface area contributed by atoms with Crippen LogP contribution in [-0.4, -0.2) is 65.0 Å². The van der Waals surface area contributed by atoms with Crippen LogP contribution in [0.2, 0.25) is 0 Å². The molecule has 0 radical (unpaired) electrons. The van der Waals surface area contributed by atoms with Crippen LogP contribution in [0, 0.1) is 0 Å². The molecule has 0 unspecified atom stereocenters. The molecule has 0 atom stereocenters. The molecule has 138 valence electrons. The smallest absolute Gasteiger partial charge is 0.355 e. The molecule has 0 aliphatic carbocycles. The van der Waals surface area contributed by atoms with E-state index in [9.17, 15) is 21.6 Å². The Morgan fingerprint density at radius 2 is 1.84 bits per heavy atom. The average Bonchev–Trinajstić information content (AvgIpc) is 2.96. The molecule has 0 saturated carbocycles. The van der Waals surface area contributed by atoms with Crippen LogP contribution in [0.4, 0.5) is 19.0 Å². The van der Waals surface area contributed by atoms with E-state index in [2.05, 4.69) is 15.3 Å². The molecule has 1 saturated heterocycles. The van der Waals surface area contributed by atoms with E-state index in [-0.39, 0.29) is 11.7 Å². The summed E-state index contributed by atoms with van der Waals surface area (Å²) in [6, 6.07) is 2.89. The van der Waals surface area contributed by atoms with Gasteiger partial charge in [-0.25, -0.2) is 12.7 Å². The molecule has 25 heavy (non-hydrogen) atoms. The zero-order valence-electron chi connectivity index (χ0n) is 13.6. The molecule has 0 aromatic carbocycles. The summed E-state index contributed by atoms with van der Waals surface area (Å²) in [6.07, 6.45) is -2.36. The van der Waals surface area contributed by atoms with Gasteiger partial charge in [-0.2, -0.15) is 17.7 Å². The van der Waals surface area contributed by atoms with Crippen molar-refractivity contribution in [2.45, 2.75) is 25.1 Å². The first kappa shape index (κ1) is 17.9. The number of sulfonamides is 1. The molecule has 1 aliphatic heterocycles. The maximum atomic E-state index is 12.9. The molecular weight excluding hydrogens is 361 g/mol. The van der Waals surface area contributed by atoms with Crippen LogP contribution < -0.4 is 4.90 Å². The second-order valence-electron chi connectivity index (χ2n) is 5.98. The number of fused-ring (bicyclic) bond motifs is 1. The van der Waals surface area contributed by atoms with E-state index in [1.54, 1.807) is 6.07 Å². The zero-order valence-corrected chi connectivity index (χ0v) is 14.4. The van der Waals surface area contributed by atoms with E-state index in [4.69, 9.17) is 0 Å². The predicted molar refractivity (Wildman–Crippen MR) is 83.6 cm³/mol. The number of hydrogen-bond acceptors (Lipinski definition) is 6. The van der Waals surface area contributed by atoms with Crippen molar-refractivity contribution in [3.8, 4) is 0 Å². The third kappa shape index (κ3) is 3.54. The highest BCUT2D eigenvalue weighted by Crippen LogP contribution is 2.28. The van der Waals surface area contributed by atoms with E-state index >= 15 is 0 Å². The van der Waals surface area contributed by atoms with E-state index in [1.807, 2.05) is 4.90 Å². The number of nitrogens with zero attached hydrogens (tertiary/aromatic N) is 6. The molecule has 12 heteroatoms. The van der Waals surface area contributed by atoms with Crippen molar-refractivity contribution in [2.75, 3.05) is 31.3 Å². The summed E-state index contributed by atoms with van der Waals surface area (Å²) < 4.78 is 64.0. The minimum Gasteiger partial charge on any atom is -0.355 e. The Bertz CT molecular complexity index is 874. The highest BCUT2D eigenvalue weighted by molar-refractivity contribution is 7.88. The number of piperidine rings is 1. The molecule has 0 spiro atoms. The van der Waals surface area contributed by atoms with Crippen LogP contribution in [0.15, 0.2) is 12.1 Å². The Balaban J connectivity index is 1.80. The Labute approximate surface area is 142 Å². The van der Waals surface area contributed by atoms with Gasteiger partial charge >= 0.3 is 6.18 Å². The van der Waals surface area contributed by atoms with Gasteiger partial charge in [0, 0.05) is 26.2 Å². The maximum absolute atomic E-state index is 12.9. The Morgan fingerprint density at radius 3 is 2.40 bits per heavy atom. The quantitative estimate of drug-likeness (QED) is 0.793. The lowest BCUT2D eigenvalue weighted by atomic mass is 10.1. The number of rotatable bonds is 3. The van der Waals surface area contributed by atoms with Crippen LogP contribution in [0.5, 0.6) is 0 Å². The molecular formula is C13H17F3N6O2S. The highest BCUT2D eigenvalue weighted by Gasteiger charge is 2.38. The summed E-state index contributed by atoms with van der Waals surface area (Å²) in [7, 11) is -1.74. The zero-order chi connectivity index (χ0) is 18.4. The van der Waals surface area contributed by atoms with Crippen LogP contribution in [0.25, 0.3) is 5.65 Å². The van der Waals surface area contributed by atoms with E-state index in [0.29, 0.717) is 36.3 Å². The largest absolute Gasteiger partial charge is 0.453 e. The Morgan fingerprint density at radius 1 is 1.20 bits per heavy atom. The van der Waals surface area contributed by atoms with Gasteiger partial charge in [-0.3, -0.25) is 0 Å². The van der Waals surface area contributed by atoms with Gasteiger partial charge in [0.05, 0.1) is 6.26 Å². The van der Waals surface area contributed by atoms with Crippen molar-refractivity contribution in [2.24, 2.45) is 0 Å². The third-order valence-corrected chi connectivity index (χ3v) is 5.67. The first-order chi connectivity index (χ1) is 11.6. The predicted octanol–water partition coefficient (Wildman–Crippen LogP) is 1.00. The number of aromatic nitrogens is 4. The van der Waals surface area contributed by atoms with Gasteiger partial charge in [-0.15, -0.1) is 15.3 Å². The van der Waals surface area contributed by atoms with Crippen molar-refractivity contribution in [1.82, 2.24) is 24.1 Å². The lowest BCUT2D eigenvalue weighted by molar-refractivity contribution is -0.146. The van der Waals surface area contributed by atoms with Gasteiger partial charge in [-0.05, 0) is 25.0 Å². The van der Waals surface area contributed by atoms with E-state index in [0.717, 1.165) is 6.26 Å². The third-order valence-electron chi connectivity index (χ3n) is 4.33. The first-order valence-electron chi connectivity index (χ1n) is 7.55. The average molecular weight is 378 g/mol. The van der Waals surface area contributed by atoms with Gasteiger partial charge < -0.3 is 4.90 Å². The molecule has 3 heterocycles. The topological polar surface area (TPSA) is 83.7 Å². The van der Waals surface area contributed by atoms with E-state index in [1.165, 1.54) is 17.4 Å². The molecule has 8 nitrogen and oxygen atoms in total. The van der Waals surface area contributed by atoms with Gasteiger partial charge in [0.2, 0.25) is 10.0 Å². The fraction of sp³-hybridized carbons (Fsp3) is 0.615. The second kappa shape index (κ2) is 6.09. The SMILES string of the molecule is CN(C1CCN(c2ccc3nnc(C(F)(F)F)n3n2)CC1)S(C)(=O)=O. The molecule has 0 amide bonds. The summed E-state index contributed by atoms with van der Waals surface area (Å²) in [5, 5.41) is 10.6. The molecule has 2 aromatic heterocycles. The lowest BCUT2D eigenvalue weighted by Crippen LogP contribution is -2.45. The Hall–Kier alpha value is -1.95. The minimum atomic E-state index is -4.64. The fourth-order valence-electron chi connectivity index (χ4n) is 2.85. The second-order valence-corrected chi connectivity index (χ2v) is 8.02. The summed E-state index contributed by atoms with van der Waals surface area (Å²) in [4.78, 5) is 1.83. The number of alkyl halides is 3. The summed E-state index contributed by atoms with van der Waals surface area (Å²) in [6.45, 7) is 0.985. The van der Waals surface area contributed by atoms with Crippen LogP contribution in [-0.2, 0) is 16.2 Å². The number of anilines is 1. The molecule has 1 fully saturated rings. The van der Waals surface area contributed by atoms with Crippen molar-refractivity contribution >= 4 is 21.5 Å².